The van der Waals surface area contributed by atoms with Crippen LogP contribution in [0.25, 0.3) is 0 Å². The van der Waals surface area contributed by atoms with Crippen LogP contribution in [-0.2, 0) is 23.7 Å². The van der Waals surface area contributed by atoms with E-state index in [1.807, 2.05) is 0 Å². The fourth-order valence-corrected chi connectivity index (χ4v) is 5.68. The quantitative estimate of drug-likeness (QED) is 0.117. The van der Waals surface area contributed by atoms with Crippen LogP contribution >= 0.6 is 0 Å². The Hall–Kier alpha value is -1.45. The summed E-state index contributed by atoms with van der Waals surface area (Å²) < 4.78 is 22.8. The van der Waals surface area contributed by atoms with Crippen LogP contribution in [0, 0.1) is 4.91 Å². The minimum atomic E-state index is -1.50. The third-order valence-electron chi connectivity index (χ3n) is 8.05. The number of aliphatic hydroxyl groups excluding tert-OH is 5. The van der Waals surface area contributed by atoms with Crippen LogP contribution in [0.2, 0.25) is 0 Å². The number of nitroso groups, excluding NO2 is 1. The molecule has 2 saturated heterocycles. The van der Waals surface area contributed by atoms with E-state index in [9.17, 15) is 35.2 Å². The third kappa shape index (κ3) is 5.96. The maximum Gasteiger partial charge on any atom is 0.252 e. The van der Waals surface area contributed by atoms with Gasteiger partial charge in [-0.3, -0.25) is 4.79 Å². The first-order valence-electron chi connectivity index (χ1n) is 13.0. The molecule has 2 saturated carbocycles. The molecule has 224 valence electrons. The van der Waals surface area contributed by atoms with E-state index in [0.29, 0.717) is 0 Å². The number of carbonyl (C=O) groups is 1. The Kier molecular flexibility index (Phi) is 9.54. The van der Waals surface area contributed by atoms with Gasteiger partial charge in [0.05, 0.1) is 24.8 Å². The summed E-state index contributed by atoms with van der Waals surface area (Å²) in [4.78, 5) is 24.1. The lowest BCUT2D eigenvalue weighted by Gasteiger charge is -2.43. The number of aliphatic hydroxyl groups is 5. The summed E-state index contributed by atoms with van der Waals surface area (Å²) in [6.45, 7) is -0.735. The fourth-order valence-electron chi connectivity index (χ4n) is 5.68. The van der Waals surface area contributed by atoms with Gasteiger partial charge in [-0.2, -0.15) is 0 Å². The molecule has 0 bridgehead atoms. The first-order chi connectivity index (χ1) is 18.4. The van der Waals surface area contributed by atoms with Gasteiger partial charge in [-0.05, 0) is 12.8 Å². The Morgan fingerprint density at radius 1 is 0.923 bits per heavy atom. The van der Waals surface area contributed by atoms with Crippen LogP contribution in [0.4, 0.5) is 0 Å². The Labute approximate surface area is 224 Å². The van der Waals surface area contributed by atoms with Crippen molar-refractivity contribution in [2.24, 2.45) is 28.1 Å². The highest BCUT2D eigenvalue weighted by molar-refractivity contribution is 5.88. The van der Waals surface area contributed by atoms with Crippen LogP contribution in [0.15, 0.2) is 5.18 Å². The van der Waals surface area contributed by atoms with E-state index in [-0.39, 0.29) is 38.3 Å². The van der Waals surface area contributed by atoms with Crippen molar-refractivity contribution in [2.75, 3.05) is 13.2 Å². The molecule has 1 amide bonds. The van der Waals surface area contributed by atoms with Crippen molar-refractivity contribution in [2.45, 2.75) is 117 Å². The zero-order valence-electron chi connectivity index (χ0n) is 21.3. The number of ether oxygens (including phenoxy) is 4. The van der Waals surface area contributed by atoms with Gasteiger partial charge >= 0.3 is 0 Å². The lowest BCUT2D eigenvalue weighted by Crippen LogP contribution is -2.64. The van der Waals surface area contributed by atoms with Crippen LogP contribution in [0.1, 0.15) is 25.7 Å². The van der Waals surface area contributed by atoms with Gasteiger partial charge in [0.1, 0.15) is 42.7 Å². The van der Waals surface area contributed by atoms with Gasteiger partial charge in [0.15, 0.2) is 18.1 Å². The molecule has 17 nitrogen and oxygen atoms in total. The summed E-state index contributed by atoms with van der Waals surface area (Å²) >= 11 is 0. The SMILES string of the molecule is NCC1OC(OC2C(CO)OC(OC3CC(N)CC(NC(=O)C4(N=O)CC(N)C4)C3O)C2O)C(N)C(O)C1O. The Balaban J connectivity index is 1.40. The van der Waals surface area contributed by atoms with Gasteiger partial charge < -0.3 is 72.7 Å². The topological polar surface area (TPSA) is 301 Å². The Morgan fingerprint density at radius 3 is 2.18 bits per heavy atom. The largest absolute Gasteiger partial charge is 0.394 e. The van der Waals surface area contributed by atoms with Crippen molar-refractivity contribution < 1.29 is 49.3 Å². The molecule has 0 spiro atoms. The number of carbonyl (C=O) groups excluding carboxylic acids is 1. The molecule has 4 rings (SSSR count). The highest BCUT2D eigenvalue weighted by Crippen LogP contribution is 2.36. The zero-order chi connectivity index (χ0) is 28.6. The lowest BCUT2D eigenvalue weighted by molar-refractivity contribution is -0.280. The number of rotatable bonds is 9. The number of amides is 1. The summed E-state index contributed by atoms with van der Waals surface area (Å²) in [5, 5.41) is 57.6. The third-order valence-corrected chi connectivity index (χ3v) is 8.05. The second-order valence-corrected chi connectivity index (χ2v) is 10.9. The van der Waals surface area contributed by atoms with Crippen molar-refractivity contribution in [3.63, 3.8) is 0 Å². The summed E-state index contributed by atoms with van der Waals surface area (Å²) in [5.41, 5.74) is 21.9. The summed E-state index contributed by atoms with van der Waals surface area (Å²) in [7, 11) is 0. The van der Waals surface area contributed by atoms with Crippen molar-refractivity contribution in [1.82, 2.24) is 5.32 Å². The molecular weight excluding hydrogens is 524 g/mol. The predicted octanol–water partition coefficient (Wildman–Crippen LogP) is -5.84. The monoisotopic (exact) mass is 564 g/mol. The molecule has 0 aromatic carbocycles. The molecule has 2 aliphatic heterocycles. The van der Waals surface area contributed by atoms with E-state index < -0.39 is 97.6 Å². The highest BCUT2D eigenvalue weighted by Gasteiger charge is 2.54. The van der Waals surface area contributed by atoms with E-state index in [2.05, 4.69) is 10.5 Å². The van der Waals surface area contributed by atoms with E-state index >= 15 is 0 Å². The zero-order valence-corrected chi connectivity index (χ0v) is 21.3. The molecule has 4 aliphatic rings. The maximum absolute atomic E-state index is 12.8. The molecular formula is C22H40N6O11. The van der Waals surface area contributed by atoms with Gasteiger partial charge in [0, 0.05) is 31.5 Å². The molecule has 13 unspecified atom stereocenters. The fraction of sp³-hybridized carbons (Fsp3) is 0.955. The van der Waals surface area contributed by atoms with Gasteiger partial charge in [-0.15, -0.1) is 4.91 Å². The molecule has 4 fully saturated rings. The Bertz CT molecular complexity index is 866. The minimum absolute atomic E-state index is 0.0968. The lowest BCUT2D eigenvalue weighted by atomic mass is 9.72. The van der Waals surface area contributed by atoms with E-state index in [1.165, 1.54) is 0 Å². The molecule has 2 aliphatic carbocycles. The number of nitrogens with two attached hydrogens (primary N) is 4. The number of hydrogen-bond acceptors (Lipinski definition) is 16. The highest BCUT2D eigenvalue weighted by atomic mass is 16.7. The normalized spacial score (nSPS) is 50.3. The van der Waals surface area contributed by atoms with Crippen LogP contribution < -0.4 is 28.3 Å². The molecule has 0 aromatic heterocycles. The van der Waals surface area contributed by atoms with Crippen LogP contribution in [-0.4, -0.2) is 136 Å². The van der Waals surface area contributed by atoms with E-state index in [1.54, 1.807) is 0 Å². The molecule has 13 atom stereocenters. The average molecular weight is 565 g/mol. The summed E-state index contributed by atoms with van der Waals surface area (Å²) in [6, 6.07) is -2.91. The van der Waals surface area contributed by atoms with Gasteiger partial charge in [-0.1, -0.05) is 5.18 Å². The molecule has 2 heterocycles. The van der Waals surface area contributed by atoms with Crippen LogP contribution in [0.3, 0.4) is 0 Å². The summed E-state index contributed by atoms with van der Waals surface area (Å²) in [6.07, 6.45) is -12.0. The first-order valence-corrected chi connectivity index (χ1v) is 13.0. The van der Waals surface area contributed by atoms with Crippen molar-refractivity contribution in [1.29, 1.82) is 0 Å². The van der Waals surface area contributed by atoms with Crippen molar-refractivity contribution in [3.8, 4) is 0 Å². The van der Waals surface area contributed by atoms with E-state index in [0.717, 1.165) is 0 Å². The number of nitrogens with zero attached hydrogens (tertiary/aromatic N) is 1. The van der Waals surface area contributed by atoms with Crippen molar-refractivity contribution in [3.05, 3.63) is 4.91 Å². The smallest absolute Gasteiger partial charge is 0.252 e. The van der Waals surface area contributed by atoms with Gasteiger partial charge in [0.25, 0.3) is 5.91 Å². The number of nitrogens with one attached hydrogen (secondary N) is 1. The molecule has 14 N–H and O–H groups in total. The second-order valence-electron chi connectivity index (χ2n) is 10.9. The second kappa shape index (κ2) is 12.2. The minimum Gasteiger partial charge on any atom is -0.394 e. The Morgan fingerprint density at radius 2 is 1.59 bits per heavy atom. The molecule has 0 aromatic rings. The predicted molar refractivity (Wildman–Crippen MR) is 130 cm³/mol. The molecule has 17 heteroatoms. The standard InChI is InChI=1S/C22H40N6O11/c23-5-11-15(31)16(32)13(26)19(37-11)39-18-12(6-29)38-20(17(18)33)36-10-2-7(24)1-9(14(10)30)27-21(34)22(28-35)3-8(25)4-22/h7-20,29-33H,1-6,23-26H2,(H,27,34). The molecule has 39 heavy (non-hydrogen) atoms. The van der Waals surface area contributed by atoms with Gasteiger partial charge in [-0.25, -0.2) is 0 Å². The van der Waals surface area contributed by atoms with Crippen LogP contribution in [0.5, 0.6) is 0 Å². The van der Waals surface area contributed by atoms with Gasteiger partial charge in [0.2, 0.25) is 0 Å². The maximum atomic E-state index is 12.8. The van der Waals surface area contributed by atoms with Crippen molar-refractivity contribution >= 4 is 5.91 Å². The average Bonchev–Trinajstić information content (AvgIpc) is 3.18. The summed E-state index contributed by atoms with van der Waals surface area (Å²) in [5.74, 6) is -0.658. The van der Waals surface area contributed by atoms with E-state index in [4.69, 9.17) is 41.9 Å². The first kappa shape index (κ1) is 30.5. The number of hydrogen-bond donors (Lipinski definition) is 10. The molecule has 0 radical (unpaired) electrons.